The van der Waals surface area contributed by atoms with Gasteiger partial charge in [-0.25, -0.2) is 9.59 Å². The number of nitrogens with one attached hydrogen (secondary N) is 4. The van der Waals surface area contributed by atoms with E-state index in [9.17, 15) is 28.8 Å². The van der Waals surface area contributed by atoms with Crippen molar-refractivity contribution in [1.82, 2.24) is 31.1 Å². The Kier molecular flexibility index (Phi) is 12.5. The lowest BCUT2D eigenvalue weighted by molar-refractivity contribution is -0.141. The molecule has 6 rings (SSSR count). The van der Waals surface area contributed by atoms with Gasteiger partial charge in [0.05, 0.1) is 14.2 Å². The molecule has 14 nitrogen and oxygen atoms in total. The molecule has 2 aliphatic heterocycles. The molecule has 0 saturated carbocycles. The lowest BCUT2D eigenvalue weighted by Crippen LogP contribution is -2.56. The summed E-state index contributed by atoms with van der Waals surface area (Å²) < 4.78 is 9.44. The summed E-state index contributed by atoms with van der Waals surface area (Å²) in [7, 11) is 2.51. The molecule has 14 heteroatoms. The molecule has 2 fully saturated rings. The summed E-state index contributed by atoms with van der Waals surface area (Å²) in [5, 5.41) is 11.7. The molecular formula is C42H56N6O8. The zero-order chi connectivity index (χ0) is 40.3. The second-order valence-corrected chi connectivity index (χ2v) is 16.3. The third-order valence-corrected chi connectivity index (χ3v) is 11.8. The molecule has 2 heterocycles. The van der Waals surface area contributed by atoms with Crippen LogP contribution in [-0.2, 0) is 54.3 Å². The Morgan fingerprint density at radius 3 is 1.32 bits per heavy atom. The van der Waals surface area contributed by atoms with Crippen LogP contribution in [0.5, 0.6) is 0 Å². The molecule has 6 amide bonds. The molecule has 0 radical (unpaired) electrons. The quantitative estimate of drug-likeness (QED) is 0.269. The van der Waals surface area contributed by atoms with Gasteiger partial charge >= 0.3 is 12.2 Å². The third-order valence-electron chi connectivity index (χ3n) is 11.8. The molecule has 302 valence electrons. The van der Waals surface area contributed by atoms with Crippen molar-refractivity contribution in [2.75, 3.05) is 27.3 Å². The predicted molar refractivity (Wildman–Crippen MR) is 208 cm³/mol. The van der Waals surface area contributed by atoms with E-state index in [0.717, 1.165) is 11.1 Å². The largest absolute Gasteiger partial charge is 0.453 e. The maximum absolute atomic E-state index is 13.6. The second-order valence-electron chi connectivity index (χ2n) is 16.3. The molecule has 4 aliphatic rings. The molecule has 4 N–H and O–H groups in total. The molecule has 2 saturated heterocycles. The summed E-state index contributed by atoms with van der Waals surface area (Å²) in [5.74, 6) is -1.23. The van der Waals surface area contributed by atoms with E-state index < -0.39 is 36.4 Å². The third kappa shape index (κ3) is 8.79. The Morgan fingerprint density at radius 1 is 0.589 bits per heavy atom. The lowest BCUT2D eigenvalue weighted by Gasteiger charge is -2.30. The van der Waals surface area contributed by atoms with Crippen LogP contribution in [-0.4, -0.2) is 109 Å². The smallest absolute Gasteiger partial charge is 0.407 e. The van der Waals surface area contributed by atoms with Crippen molar-refractivity contribution in [1.29, 1.82) is 0 Å². The Hall–Kier alpha value is -5.14. The van der Waals surface area contributed by atoms with Crippen LogP contribution in [0.2, 0.25) is 0 Å². The van der Waals surface area contributed by atoms with Crippen LogP contribution in [0, 0.1) is 11.8 Å². The number of nitrogens with zero attached hydrogens (tertiary/aromatic N) is 2. The van der Waals surface area contributed by atoms with Crippen LogP contribution in [0.1, 0.15) is 75.6 Å². The van der Waals surface area contributed by atoms with E-state index in [1.807, 2.05) is 27.7 Å². The van der Waals surface area contributed by atoms with E-state index in [0.29, 0.717) is 64.5 Å². The van der Waals surface area contributed by atoms with Gasteiger partial charge in [-0.15, -0.1) is 0 Å². The number of methoxy groups -OCH3 is 2. The van der Waals surface area contributed by atoms with Crippen molar-refractivity contribution >= 4 is 35.8 Å². The van der Waals surface area contributed by atoms with Gasteiger partial charge in [0.1, 0.15) is 24.2 Å². The minimum Gasteiger partial charge on any atom is -0.453 e. The first-order valence-electron chi connectivity index (χ1n) is 19.9. The second kappa shape index (κ2) is 17.3. The number of benzene rings is 2. The van der Waals surface area contributed by atoms with E-state index >= 15 is 0 Å². The highest BCUT2D eigenvalue weighted by atomic mass is 16.5. The van der Waals surface area contributed by atoms with Crippen LogP contribution >= 0.6 is 0 Å². The first-order valence-corrected chi connectivity index (χ1v) is 19.9. The number of rotatable bonds is 11. The molecule has 0 bridgehead atoms. The molecule has 2 aromatic carbocycles. The van der Waals surface area contributed by atoms with E-state index in [1.54, 1.807) is 9.80 Å². The summed E-state index contributed by atoms with van der Waals surface area (Å²) in [4.78, 5) is 81.1. The van der Waals surface area contributed by atoms with Crippen LogP contribution < -0.4 is 21.3 Å². The average molecular weight is 773 g/mol. The van der Waals surface area contributed by atoms with Gasteiger partial charge < -0.3 is 40.5 Å². The molecule has 0 spiro atoms. The van der Waals surface area contributed by atoms with Crippen molar-refractivity contribution in [3.8, 4) is 11.1 Å². The minimum atomic E-state index is -0.782. The van der Waals surface area contributed by atoms with Crippen molar-refractivity contribution in [3.05, 3.63) is 58.7 Å². The van der Waals surface area contributed by atoms with Crippen molar-refractivity contribution in [2.45, 2.75) is 115 Å². The predicted octanol–water partition coefficient (Wildman–Crippen LogP) is 3.26. The molecule has 6 atom stereocenters. The van der Waals surface area contributed by atoms with Gasteiger partial charge in [-0.2, -0.15) is 0 Å². The molecule has 2 unspecified atom stereocenters. The summed E-state index contributed by atoms with van der Waals surface area (Å²) in [5.41, 5.74) is 6.89. The minimum absolute atomic E-state index is 0.0877. The summed E-state index contributed by atoms with van der Waals surface area (Å²) in [6.07, 6.45) is 3.99. The lowest BCUT2D eigenvalue weighted by atomic mass is 9.97. The number of alkyl carbamates (subject to hydrolysis) is 2. The van der Waals surface area contributed by atoms with Gasteiger partial charge in [-0.3, -0.25) is 19.2 Å². The first kappa shape index (κ1) is 40.5. The summed E-state index contributed by atoms with van der Waals surface area (Å²) >= 11 is 0. The fourth-order valence-electron chi connectivity index (χ4n) is 8.76. The van der Waals surface area contributed by atoms with Crippen molar-refractivity contribution in [3.63, 3.8) is 0 Å². The highest BCUT2D eigenvalue weighted by Gasteiger charge is 2.41. The van der Waals surface area contributed by atoms with Gasteiger partial charge in [0, 0.05) is 25.2 Å². The normalized spacial score (nSPS) is 22.3. The number of ether oxygens (including phenoxy) is 2. The Labute approximate surface area is 328 Å². The van der Waals surface area contributed by atoms with E-state index in [4.69, 9.17) is 9.47 Å². The maximum atomic E-state index is 13.6. The fourth-order valence-corrected chi connectivity index (χ4v) is 8.76. The zero-order valence-corrected chi connectivity index (χ0v) is 33.3. The number of amides is 6. The van der Waals surface area contributed by atoms with Gasteiger partial charge in [-0.05, 0) is 96.6 Å². The van der Waals surface area contributed by atoms with E-state index in [1.165, 1.54) is 36.5 Å². The highest BCUT2D eigenvalue weighted by Crippen LogP contribution is 2.33. The van der Waals surface area contributed by atoms with Crippen LogP contribution in [0.25, 0.3) is 11.1 Å². The van der Waals surface area contributed by atoms with Crippen LogP contribution in [0.15, 0.2) is 36.4 Å². The van der Waals surface area contributed by atoms with Gasteiger partial charge in [-0.1, -0.05) is 64.1 Å². The topological polar surface area (TPSA) is 175 Å². The Balaban J connectivity index is 1.04. The Bertz CT molecular complexity index is 1720. The zero-order valence-electron chi connectivity index (χ0n) is 33.3. The number of carbonyl (C=O) groups excluding carboxylic acids is 6. The van der Waals surface area contributed by atoms with Gasteiger partial charge in [0.2, 0.25) is 23.6 Å². The first-order chi connectivity index (χ1) is 26.8. The summed E-state index contributed by atoms with van der Waals surface area (Å²) in [6, 6.07) is 9.96. The number of hydrogen-bond donors (Lipinski definition) is 4. The van der Waals surface area contributed by atoms with E-state index in [-0.39, 0.29) is 47.5 Å². The monoisotopic (exact) mass is 772 g/mol. The standard InChI is InChI=1S/C42H56N6O8/c1-23(2)35(45-41(53)55-5)39(51)47-15-7-9-33(47)37(49)43-31-19-27-13-11-25(17-29(27)21-31)26-12-14-28-20-32(22-30(28)18-26)44-38(50)34-10-8-16-48(34)40(52)36(24(3)4)46-42(54)56-6/h11-14,17-18,23-24,31-36H,7-10,15-16,19-22H2,1-6H3,(H,43,49)(H,44,50)(H,45,53)(H,46,54)/t31?,32?,33-,34-,35-,36-/m0/s1. The maximum Gasteiger partial charge on any atom is 0.407 e. The molecular weight excluding hydrogens is 716 g/mol. The highest BCUT2D eigenvalue weighted by molar-refractivity contribution is 5.93. The fraction of sp³-hybridized carbons (Fsp3) is 0.571. The summed E-state index contributed by atoms with van der Waals surface area (Å²) in [6.45, 7) is 8.32. The van der Waals surface area contributed by atoms with E-state index in [2.05, 4.69) is 57.7 Å². The Morgan fingerprint density at radius 2 is 0.964 bits per heavy atom. The number of fused-ring (bicyclic) bond motifs is 2. The average Bonchev–Trinajstić information content (AvgIpc) is 4.00. The van der Waals surface area contributed by atoms with Crippen molar-refractivity contribution < 1.29 is 38.2 Å². The number of carbonyl (C=O) groups is 6. The SMILES string of the molecule is COC(=O)N[C@H](C(=O)N1CCC[C@H]1C(=O)NC1Cc2ccc(-c3ccc4c(c3)CC(NC(=O)[C@@H]3CCCN3C(=O)[C@@H](NC(=O)OC)C(C)C)C4)cc2C1)C(C)C. The number of likely N-dealkylation sites (tertiary alicyclic amines) is 2. The van der Waals surface area contributed by atoms with Crippen molar-refractivity contribution in [2.24, 2.45) is 11.8 Å². The molecule has 56 heavy (non-hydrogen) atoms. The van der Waals surface area contributed by atoms with Gasteiger partial charge in [0.25, 0.3) is 0 Å². The molecule has 2 aliphatic carbocycles. The van der Waals surface area contributed by atoms with Crippen LogP contribution in [0.3, 0.4) is 0 Å². The number of hydrogen-bond acceptors (Lipinski definition) is 8. The van der Waals surface area contributed by atoms with Gasteiger partial charge in [0.15, 0.2) is 0 Å². The molecule has 2 aromatic rings. The molecule has 0 aromatic heterocycles. The van der Waals surface area contributed by atoms with Crippen LogP contribution in [0.4, 0.5) is 9.59 Å².